The van der Waals surface area contributed by atoms with Crippen LogP contribution < -0.4 is 0 Å². The molecule has 0 spiro atoms. The minimum absolute atomic E-state index is 0.134. The van der Waals surface area contributed by atoms with Gasteiger partial charge in [-0.2, -0.15) is 0 Å². The molecule has 6 heteroatoms. The number of nitrogens with zero attached hydrogens (tertiary/aromatic N) is 2. The molecular formula is C7H9FN2O3. The molecule has 0 amide bonds. The van der Waals surface area contributed by atoms with Gasteiger partial charge in [0.2, 0.25) is 6.17 Å². The maximum atomic E-state index is 12.8. The molecule has 0 aliphatic heterocycles. The summed E-state index contributed by atoms with van der Waals surface area (Å²) in [6, 6.07) is 0. The van der Waals surface area contributed by atoms with E-state index in [0.29, 0.717) is 0 Å². The molecule has 1 rings (SSSR count). The Balaban J connectivity index is 2.85. The molecule has 2 unspecified atom stereocenters. The zero-order valence-corrected chi connectivity index (χ0v) is 6.88. The largest absolute Gasteiger partial charge is 0.479 e. The van der Waals surface area contributed by atoms with E-state index in [0.717, 1.165) is 0 Å². The molecule has 0 fully saturated rings. The molecule has 0 saturated heterocycles. The van der Waals surface area contributed by atoms with Crippen molar-refractivity contribution in [1.29, 1.82) is 0 Å². The highest BCUT2D eigenvalue weighted by Crippen LogP contribution is 2.18. The number of halogens is 1. The number of hydrogen-bond donors (Lipinski definition) is 2. The second kappa shape index (κ2) is 3.53. The minimum Gasteiger partial charge on any atom is -0.479 e. The standard InChI is InChI=1S/C7H9FN2O3/c1-10-3-9-2-4(10)6(11)5(8)7(12)13/h2-3,5-6,11H,1H3,(H,12,13). The first-order valence-corrected chi connectivity index (χ1v) is 3.55. The Kier molecular flexibility index (Phi) is 2.62. The maximum Gasteiger partial charge on any atom is 0.341 e. The summed E-state index contributed by atoms with van der Waals surface area (Å²) < 4.78 is 14.1. The zero-order valence-electron chi connectivity index (χ0n) is 6.88. The molecule has 0 saturated carbocycles. The van der Waals surface area contributed by atoms with Crippen molar-refractivity contribution in [3.05, 3.63) is 18.2 Å². The number of aliphatic hydroxyl groups excluding tert-OH is 1. The van der Waals surface area contributed by atoms with Crippen LogP contribution in [0.4, 0.5) is 4.39 Å². The lowest BCUT2D eigenvalue weighted by atomic mass is 10.2. The van der Waals surface area contributed by atoms with Crippen molar-refractivity contribution >= 4 is 5.97 Å². The van der Waals surface area contributed by atoms with Gasteiger partial charge in [-0.3, -0.25) is 0 Å². The Morgan fingerprint density at radius 3 is 2.77 bits per heavy atom. The predicted molar refractivity (Wildman–Crippen MR) is 40.7 cm³/mol. The average molecular weight is 188 g/mol. The van der Waals surface area contributed by atoms with Gasteiger partial charge in [0.15, 0.2) is 0 Å². The van der Waals surface area contributed by atoms with Gasteiger partial charge in [-0.05, 0) is 0 Å². The van der Waals surface area contributed by atoms with E-state index in [1.807, 2.05) is 0 Å². The summed E-state index contributed by atoms with van der Waals surface area (Å²) in [6.45, 7) is 0. The van der Waals surface area contributed by atoms with E-state index < -0.39 is 18.2 Å². The van der Waals surface area contributed by atoms with Crippen molar-refractivity contribution in [1.82, 2.24) is 9.55 Å². The third-order valence-corrected chi connectivity index (χ3v) is 1.67. The molecule has 0 aliphatic carbocycles. The molecule has 1 aromatic heterocycles. The molecule has 13 heavy (non-hydrogen) atoms. The van der Waals surface area contributed by atoms with Crippen LogP contribution in [0.5, 0.6) is 0 Å². The van der Waals surface area contributed by atoms with Crippen molar-refractivity contribution in [3.8, 4) is 0 Å². The number of rotatable bonds is 3. The van der Waals surface area contributed by atoms with Gasteiger partial charge >= 0.3 is 5.97 Å². The Morgan fingerprint density at radius 2 is 2.38 bits per heavy atom. The van der Waals surface area contributed by atoms with Crippen molar-refractivity contribution in [2.45, 2.75) is 12.3 Å². The van der Waals surface area contributed by atoms with Crippen LogP contribution in [0.15, 0.2) is 12.5 Å². The SMILES string of the molecule is Cn1cncc1C(O)C(F)C(=O)O. The zero-order chi connectivity index (χ0) is 10.0. The lowest BCUT2D eigenvalue weighted by Gasteiger charge is -2.11. The van der Waals surface area contributed by atoms with Crippen LogP contribution >= 0.6 is 0 Å². The first-order chi connectivity index (χ1) is 6.04. The number of alkyl halides is 1. The van der Waals surface area contributed by atoms with Crippen LogP contribution in [0.1, 0.15) is 11.8 Å². The quantitative estimate of drug-likeness (QED) is 0.693. The molecule has 2 N–H and O–H groups in total. The van der Waals surface area contributed by atoms with Crippen LogP contribution in [-0.2, 0) is 11.8 Å². The third-order valence-electron chi connectivity index (χ3n) is 1.67. The lowest BCUT2D eigenvalue weighted by molar-refractivity contribution is -0.147. The van der Waals surface area contributed by atoms with Gasteiger partial charge in [0.25, 0.3) is 0 Å². The molecule has 0 bridgehead atoms. The van der Waals surface area contributed by atoms with E-state index in [-0.39, 0.29) is 5.69 Å². The van der Waals surface area contributed by atoms with Crippen LogP contribution in [0.2, 0.25) is 0 Å². The summed E-state index contributed by atoms with van der Waals surface area (Å²) >= 11 is 0. The van der Waals surface area contributed by atoms with Gasteiger partial charge in [0, 0.05) is 7.05 Å². The van der Waals surface area contributed by atoms with Gasteiger partial charge in [0.1, 0.15) is 6.10 Å². The van der Waals surface area contributed by atoms with Crippen molar-refractivity contribution in [3.63, 3.8) is 0 Å². The van der Waals surface area contributed by atoms with Crippen molar-refractivity contribution < 1.29 is 19.4 Å². The maximum absolute atomic E-state index is 12.8. The topological polar surface area (TPSA) is 75.3 Å². The summed E-state index contributed by atoms with van der Waals surface area (Å²) in [7, 11) is 1.54. The molecule has 2 atom stereocenters. The Bertz CT molecular complexity index is 312. The number of carboxylic acid groups (broad SMARTS) is 1. The first kappa shape index (κ1) is 9.66. The Labute approximate surface area is 73.4 Å². The number of carbonyl (C=O) groups is 1. The first-order valence-electron chi connectivity index (χ1n) is 3.55. The van der Waals surface area contributed by atoms with Crippen LogP contribution in [-0.4, -0.2) is 31.9 Å². The van der Waals surface area contributed by atoms with E-state index in [9.17, 15) is 14.3 Å². The number of aliphatic hydroxyl groups is 1. The molecule has 1 aromatic rings. The van der Waals surface area contributed by atoms with Crippen LogP contribution in [0, 0.1) is 0 Å². The van der Waals surface area contributed by atoms with Gasteiger partial charge in [-0.1, -0.05) is 0 Å². The number of aromatic nitrogens is 2. The molecule has 0 aliphatic rings. The smallest absolute Gasteiger partial charge is 0.341 e. The van der Waals surface area contributed by atoms with Gasteiger partial charge < -0.3 is 14.8 Å². The van der Waals surface area contributed by atoms with E-state index in [2.05, 4.69) is 4.98 Å². The second-order valence-electron chi connectivity index (χ2n) is 2.61. The fourth-order valence-electron chi connectivity index (χ4n) is 0.937. The van der Waals surface area contributed by atoms with Gasteiger partial charge in [-0.25, -0.2) is 14.2 Å². The fourth-order valence-corrected chi connectivity index (χ4v) is 0.937. The van der Waals surface area contributed by atoms with Gasteiger partial charge in [-0.15, -0.1) is 0 Å². The Hall–Kier alpha value is -1.43. The average Bonchev–Trinajstić information content (AvgIpc) is 2.48. The number of aliphatic carboxylic acids is 1. The molecule has 1 heterocycles. The highest BCUT2D eigenvalue weighted by Gasteiger charge is 2.29. The number of carboxylic acids is 1. The Morgan fingerprint density at radius 1 is 1.77 bits per heavy atom. The monoisotopic (exact) mass is 188 g/mol. The van der Waals surface area contributed by atoms with Crippen LogP contribution in [0.25, 0.3) is 0 Å². The fraction of sp³-hybridized carbons (Fsp3) is 0.429. The highest BCUT2D eigenvalue weighted by atomic mass is 19.1. The number of imidazole rings is 1. The summed E-state index contributed by atoms with van der Waals surface area (Å²) in [5.41, 5.74) is 0.134. The molecule has 0 aromatic carbocycles. The lowest BCUT2D eigenvalue weighted by Crippen LogP contribution is -2.24. The van der Waals surface area contributed by atoms with E-state index in [1.54, 1.807) is 7.05 Å². The second-order valence-corrected chi connectivity index (χ2v) is 2.61. The molecular weight excluding hydrogens is 179 g/mol. The molecule has 72 valence electrons. The third kappa shape index (κ3) is 1.83. The summed E-state index contributed by atoms with van der Waals surface area (Å²) in [5, 5.41) is 17.5. The van der Waals surface area contributed by atoms with E-state index in [1.165, 1.54) is 17.1 Å². The summed E-state index contributed by atoms with van der Waals surface area (Å²) in [5.74, 6) is -1.69. The van der Waals surface area contributed by atoms with E-state index in [4.69, 9.17) is 5.11 Å². The van der Waals surface area contributed by atoms with Crippen LogP contribution in [0.3, 0.4) is 0 Å². The molecule has 0 radical (unpaired) electrons. The summed E-state index contributed by atoms with van der Waals surface area (Å²) in [4.78, 5) is 13.8. The normalized spacial score (nSPS) is 15.3. The van der Waals surface area contributed by atoms with Crippen molar-refractivity contribution in [2.75, 3.05) is 0 Å². The van der Waals surface area contributed by atoms with E-state index >= 15 is 0 Å². The number of aryl methyl sites for hydroxylation is 1. The van der Waals surface area contributed by atoms with Gasteiger partial charge in [0.05, 0.1) is 18.2 Å². The molecule has 5 nitrogen and oxygen atoms in total. The highest BCUT2D eigenvalue weighted by molar-refractivity contribution is 5.73. The number of hydrogen-bond acceptors (Lipinski definition) is 3. The minimum atomic E-state index is -2.32. The van der Waals surface area contributed by atoms with Crippen molar-refractivity contribution in [2.24, 2.45) is 7.05 Å². The summed E-state index contributed by atoms with van der Waals surface area (Å²) in [6.07, 6.45) is -1.42. The predicted octanol–water partition coefficient (Wildman–Crippen LogP) is -0.124.